The van der Waals surface area contributed by atoms with E-state index in [1.165, 1.54) is 11.8 Å². The normalized spacial score (nSPS) is 14.7. The smallest absolute Gasteiger partial charge is 0.234 e. The van der Waals surface area contributed by atoms with Gasteiger partial charge in [0.1, 0.15) is 11.9 Å². The fourth-order valence-corrected chi connectivity index (χ4v) is 2.78. The maximum absolute atomic E-state index is 12.5. The molecule has 0 spiro atoms. The summed E-state index contributed by atoms with van der Waals surface area (Å²) < 4.78 is 1.83. The van der Waals surface area contributed by atoms with Crippen molar-refractivity contribution in [3.63, 3.8) is 0 Å². The van der Waals surface area contributed by atoms with Crippen molar-refractivity contribution >= 4 is 17.7 Å². The molecule has 2 aromatic rings. The molecule has 0 aliphatic heterocycles. The molecule has 0 aliphatic rings. The molecule has 1 amide bonds. The predicted octanol–water partition coefficient (Wildman–Crippen LogP) is 2.80. The molecule has 1 N–H and O–H groups in total. The van der Waals surface area contributed by atoms with Gasteiger partial charge in [0.2, 0.25) is 5.91 Å². The summed E-state index contributed by atoms with van der Waals surface area (Å²) in [5.41, 5.74) is 0.0422. The van der Waals surface area contributed by atoms with Crippen molar-refractivity contribution in [1.29, 1.82) is 5.26 Å². The Labute approximate surface area is 146 Å². The summed E-state index contributed by atoms with van der Waals surface area (Å²) in [4.78, 5) is 12.5. The molecule has 0 unspecified atom stereocenters. The average molecular weight is 343 g/mol. The third-order valence-electron chi connectivity index (χ3n) is 3.97. The summed E-state index contributed by atoms with van der Waals surface area (Å²) in [6.45, 7) is 7.35. The molecule has 1 aromatic carbocycles. The van der Waals surface area contributed by atoms with E-state index >= 15 is 0 Å². The van der Waals surface area contributed by atoms with Gasteiger partial charge in [-0.2, -0.15) is 5.26 Å². The number of benzene rings is 1. The number of nitrogens with zero attached hydrogens (tertiary/aromatic N) is 4. The summed E-state index contributed by atoms with van der Waals surface area (Å²) in [7, 11) is 0. The van der Waals surface area contributed by atoms with Crippen molar-refractivity contribution in [3.05, 3.63) is 36.7 Å². The summed E-state index contributed by atoms with van der Waals surface area (Å²) in [5, 5.41) is 20.4. The molecule has 1 aromatic heterocycles. The Balaban J connectivity index is 2.11. The van der Waals surface area contributed by atoms with E-state index in [1.807, 2.05) is 48.7 Å². The van der Waals surface area contributed by atoms with Crippen LogP contribution in [0.25, 0.3) is 5.69 Å². The van der Waals surface area contributed by atoms with Crippen LogP contribution in [0.3, 0.4) is 0 Å². The Kier molecular flexibility index (Phi) is 5.62. The first-order valence-corrected chi connectivity index (χ1v) is 8.60. The van der Waals surface area contributed by atoms with E-state index in [1.54, 1.807) is 20.2 Å². The molecule has 1 heterocycles. The number of thioether (sulfide) groups is 1. The van der Waals surface area contributed by atoms with Crippen molar-refractivity contribution in [3.8, 4) is 11.8 Å². The molecule has 0 saturated heterocycles. The highest BCUT2D eigenvalue weighted by Crippen LogP contribution is 2.25. The van der Waals surface area contributed by atoms with Crippen LogP contribution in [-0.4, -0.2) is 31.5 Å². The van der Waals surface area contributed by atoms with Crippen LogP contribution in [0, 0.1) is 17.2 Å². The minimum atomic E-state index is -0.890. The molecule has 24 heavy (non-hydrogen) atoms. The SMILES string of the molecule is CC(C)[C@](C)(C#N)NC(=O)[C@@H](C)Sc1nncn1-c1ccccc1. The van der Waals surface area contributed by atoms with Gasteiger partial charge in [-0.1, -0.05) is 43.8 Å². The largest absolute Gasteiger partial charge is 0.337 e. The van der Waals surface area contributed by atoms with E-state index in [0.29, 0.717) is 5.16 Å². The zero-order valence-corrected chi connectivity index (χ0v) is 15.0. The van der Waals surface area contributed by atoms with Crippen LogP contribution < -0.4 is 5.32 Å². The number of carbonyl (C=O) groups excluding carboxylic acids is 1. The van der Waals surface area contributed by atoms with Gasteiger partial charge >= 0.3 is 0 Å². The average Bonchev–Trinajstić information content (AvgIpc) is 3.03. The Morgan fingerprint density at radius 2 is 2.00 bits per heavy atom. The van der Waals surface area contributed by atoms with Gasteiger partial charge < -0.3 is 5.32 Å². The van der Waals surface area contributed by atoms with Gasteiger partial charge in [0.15, 0.2) is 5.16 Å². The summed E-state index contributed by atoms with van der Waals surface area (Å²) in [6.07, 6.45) is 1.62. The fraction of sp³-hybridized carbons (Fsp3) is 0.412. The highest BCUT2D eigenvalue weighted by atomic mass is 32.2. The number of aromatic nitrogens is 3. The second kappa shape index (κ2) is 7.49. The lowest BCUT2D eigenvalue weighted by Gasteiger charge is -2.28. The van der Waals surface area contributed by atoms with Crippen LogP contribution >= 0.6 is 11.8 Å². The van der Waals surface area contributed by atoms with Crippen LogP contribution in [0.5, 0.6) is 0 Å². The molecular weight excluding hydrogens is 322 g/mol. The number of hydrogen-bond donors (Lipinski definition) is 1. The molecule has 0 saturated carbocycles. The lowest BCUT2D eigenvalue weighted by atomic mass is 9.90. The van der Waals surface area contributed by atoms with Crippen LogP contribution in [0.1, 0.15) is 27.7 Å². The maximum Gasteiger partial charge on any atom is 0.234 e. The molecule has 0 radical (unpaired) electrons. The first-order valence-electron chi connectivity index (χ1n) is 7.72. The van der Waals surface area contributed by atoms with E-state index in [9.17, 15) is 10.1 Å². The predicted molar refractivity (Wildman–Crippen MR) is 93.7 cm³/mol. The Morgan fingerprint density at radius 1 is 1.33 bits per heavy atom. The number of hydrogen-bond acceptors (Lipinski definition) is 5. The van der Waals surface area contributed by atoms with Gasteiger partial charge in [-0.15, -0.1) is 10.2 Å². The van der Waals surface area contributed by atoms with Crippen molar-refractivity contribution in [2.75, 3.05) is 0 Å². The Hall–Kier alpha value is -2.33. The zero-order valence-electron chi connectivity index (χ0n) is 14.2. The first-order chi connectivity index (χ1) is 11.4. The minimum Gasteiger partial charge on any atom is -0.337 e. The summed E-state index contributed by atoms with van der Waals surface area (Å²) >= 11 is 1.31. The molecule has 0 bridgehead atoms. The second-order valence-corrected chi connectivity index (χ2v) is 7.35. The summed E-state index contributed by atoms with van der Waals surface area (Å²) in [6, 6.07) is 11.9. The fourth-order valence-electron chi connectivity index (χ4n) is 1.94. The lowest BCUT2D eigenvalue weighted by Crippen LogP contribution is -2.51. The third kappa shape index (κ3) is 3.95. The van der Waals surface area contributed by atoms with Crippen molar-refractivity contribution in [2.45, 2.75) is 43.6 Å². The quantitative estimate of drug-likeness (QED) is 0.815. The number of nitrogens with one attached hydrogen (secondary N) is 1. The van der Waals surface area contributed by atoms with Crippen LogP contribution in [-0.2, 0) is 4.79 Å². The number of nitriles is 1. The molecule has 0 aliphatic carbocycles. The number of amides is 1. The number of para-hydroxylation sites is 1. The van der Waals surface area contributed by atoms with Crippen LogP contribution in [0.15, 0.2) is 41.8 Å². The Morgan fingerprint density at radius 3 is 2.58 bits per heavy atom. The highest BCUT2D eigenvalue weighted by Gasteiger charge is 2.32. The van der Waals surface area contributed by atoms with Crippen molar-refractivity contribution in [1.82, 2.24) is 20.1 Å². The minimum absolute atomic E-state index is 0.0108. The number of rotatable bonds is 6. The van der Waals surface area contributed by atoms with Crippen molar-refractivity contribution < 1.29 is 4.79 Å². The van der Waals surface area contributed by atoms with E-state index in [4.69, 9.17) is 0 Å². The lowest BCUT2D eigenvalue weighted by molar-refractivity contribution is -0.121. The Bertz CT molecular complexity index is 737. The molecule has 7 heteroatoms. The summed E-state index contributed by atoms with van der Waals surface area (Å²) in [5.74, 6) is -0.183. The van der Waals surface area contributed by atoms with Gasteiger partial charge in [-0.05, 0) is 31.9 Å². The molecule has 2 rings (SSSR count). The van der Waals surface area contributed by atoms with E-state index in [2.05, 4.69) is 21.6 Å². The molecule has 6 nitrogen and oxygen atoms in total. The molecule has 2 atom stereocenters. The topological polar surface area (TPSA) is 83.6 Å². The first kappa shape index (κ1) is 18.0. The molecule has 0 fully saturated rings. The van der Waals surface area contributed by atoms with Crippen LogP contribution in [0.4, 0.5) is 0 Å². The van der Waals surface area contributed by atoms with Gasteiger partial charge in [-0.25, -0.2) is 0 Å². The standard InChI is InChI=1S/C17H21N5OS/c1-12(2)17(4,10-18)20-15(23)13(3)24-16-21-19-11-22(16)14-8-6-5-7-9-14/h5-9,11-13H,1-4H3,(H,20,23)/t13-,17+/m1/s1. The van der Waals surface area contributed by atoms with E-state index in [-0.39, 0.29) is 11.8 Å². The van der Waals surface area contributed by atoms with Gasteiger partial charge in [0, 0.05) is 5.69 Å². The monoisotopic (exact) mass is 343 g/mol. The molecule has 126 valence electrons. The molecular formula is C17H21N5OS. The zero-order chi connectivity index (χ0) is 17.7. The maximum atomic E-state index is 12.5. The van der Waals surface area contributed by atoms with Crippen LogP contribution in [0.2, 0.25) is 0 Å². The van der Waals surface area contributed by atoms with E-state index < -0.39 is 10.8 Å². The highest BCUT2D eigenvalue weighted by molar-refractivity contribution is 8.00. The van der Waals surface area contributed by atoms with Crippen molar-refractivity contribution in [2.24, 2.45) is 5.92 Å². The number of carbonyl (C=O) groups is 1. The van der Waals surface area contributed by atoms with E-state index in [0.717, 1.165) is 5.69 Å². The van der Waals surface area contributed by atoms with Gasteiger partial charge in [0.25, 0.3) is 0 Å². The van der Waals surface area contributed by atoms with Gasteiger partial charge in [-0.3, -0.25) is 9.36 Å². The second-order valence-electron chi connectivity index (χ2n) is 6.04. The van der Waals surface area contributed by atoms with Gasteiger partial charge in [0.05, 0.1) is 11.3 Å². The third-order valence-corrected chi connectivity index (χ3v) is 5.03.